The SMILES string of the molecule is Cc1nn(Cn2ccc(C(=O)Nc3nn(Cc4ccccc4F)cc3Cl)n2)c(C)c1Cl. The van der Waals surface area contributed by atoms with Crippen molar-refractivity contribution in [1.29, 1.82) is 0 Å². The van der Waals surface area contributed by atoms with Crippen LogP contribution in [0.25, 0.3) is 0 Å². The minimum Gasteiger partial charge on any atom is -0.302 e. The molecule has 1 amide bonds. The molecule has 1 aromatic carbocycles. The van der Waals surface area contributed by atoms with Crippen molar-refractivity contribution in [3.8, 4) is 0 Å². The number of amides is 1. The smallest absolute Gasteiger partial charge is 0.277 e. The first-order chi connectivity index (χ1) is 14.8. The molecule has 3 heterocycles. The number of rotatable bonds is 6. The average Bonchev–Trinajstić information content (AvgIpc) is 3.40. The zero-order valence-electron chi connectivity index (χ0n) is 16.7. The van der Waals surface area contributed by atoms with Crippen LogP contribution in [0, 0.1) is 19.7 Å². The highest BCUT2D eigenvalue weighted by Gasteiger charge is 2.16. The van der Waals surface area contributed by atoms with Gasteiger partial charge in [-0.1, -0.05) is 41.4 Å². The third kappa shape index (κ3) is 4.47. The van der Waals surface area contributed by atoms with Crippen LogP contribution < -0.4 is 5.32 Å². The molecule has 4 aromatic rings. The zero-order valence-corrected chi connectivity index (χ0v) is 18.2. The zero-order chi connectivity index (χ0) is 22.1. The van der Waals surface area contributed by atoms with Crippen LogP contribution >= 0.6 is 23.2 Å². The van der Waals surface area contributed by atoms with Crippen LogP contribution in [0.15, 0.2) is 42.7 Å². The van der Waals surface area contributed by atoms with E-state index in [0.717, 1.165) is 11.4 Å². The second-order valence-electron chi connectivity index (χ2n) is 6.93. The largest absolute Gasteiger partial charge is 0.302 e. The Balaban J connectivity index is 1.45. The number of carbonyl (C=O) groups excluding carboxylic acids is 1. The molecule has 0 spiro atoms. The lowest BCUT2D eigenvalue weighted by Gasteiger charge is -2.05. The molecule has 1 N–H and O–H groups in total. The van der Waals surface area contributed by atoms with Gasteiger partial charge in [-0.25, -0.2) is 9.07 Å². The monoisotopic (exact) mass is 461 g/mol. The van der Waals surface area contributed by atoms with Crippen LogP contribution in [-0.4, -0.2) is 35.2 Å². The van der Waals surface area contributed by atoms with E-state index >= 15 is 0 Å². The van der Waals surface area contributed by atoms with Crippen molar-refractivity contribution >= 4 is 34.9 Å². The van der Waals surface area contributed by atoms with Gasteiger partial charge in [0.15, 0.2) is 11.5 Å². The number of aromatic nitrogens is 6. The van der Waals surface area contributed by atoms with Crippen LogP contribution in [0.2, 0.25) is 10.0 Å². The van der Waals surface area contributed by atoms with Crippen LogP contribution in [0.3, 0.4) is 0 Å². The predicted octanol–water partition coefficient (Wildman–Crippen LogP) is 4.15. The van der Waals surface area contributed by atoms with Gasteiger partial charge >= 0.3 is 0 Å². The molecule has 160 valence electrons. The molecule has 0 aliphatic carbocycles. The molecular weight excluding hydrogens is 444 g/mol. The topological polar surface area (TPSA) is 82.6 Å². The van der Waals surface area contributed by atoms with Crippen LogP contribution in [0.4, 0.5) is 10.2 Å². The van der Waals surface area contributed by atoms with Gasteiger partial charge in [0.1, 0.15) is 17.5 Å². The number of aryl methyl sites for hydroxylation is 1. The summed E-state index contributed by atoms with van der Waals surface area (Å²) in [6.45, 7) is 4.18. The van der Waals surface area contributed by atoms with Crippen molar-refractivity contribution in [3.05, 3.63) is 81.2 Å². The van der Waals surface area contributed by atoms with E-state index in [2.05, 4.69) is 20.6 Å². The van der Waals surface area contributed by atoms with Crippen LogP contribution in [0.1, 0.15) is 27.4 Å². The lowest BCUT2D eigenvalue weighted by Crippen LogP contribution is -2.16. The fourth-order valence-corrected chi connectivity index (χ4v) is 3.38. The molecule has 0 saturated heterocycles. The number of anilines is 1. The second-order valence-corrected chi connectivity index (χ2v) is 7.72. The van der Waals surface area contributed by atoms with Gasteiger partial charge in [-0.15, -0.1) is 0 Å². The lowest BCUT2D eigenvalue weighted by atomic mass is 10.2. The highest BCUT2D eigenvalue weighted by molar-refractivity contribution is 6.33. The van der Waals surface area contributed by atoms with Crippen molar-refractivity contribution in [2.45, 2.75) is 27.1 Å². The molecule has 0 saturated carbocycles. The molecule has 0 unspecified atom stereocenters. The molecular formula is C20H18Cl2FN7O. The number of benzene rings is 1. The Labute approximate surface area is 187 Å². The maximum Gasteiger partial charge on any atom is 0.277 e. The standard InChI is InChI=1S/C20H18Cl2FN7O/c1-12-18(22)13(2)30(25-12)11-28-8-7-17(26-28)20(31)24-19-15(21)10-29(27-19)9-14-5-3-4-6-16(14)23/h3-8,10H,9,11H2,1-2H3,(H,24,27,31). The summed E-state index contributed by atoms with van der Waals surface area (Å²) in [7, 11) is 0. The summed E-state index contributed by atoms with van der Waals surface area (Å²) in [5, 5.41) is 16.3. The molecule has 0 aliphatic heterocycles. The Bertz CT molecular complexity index is 1260. The molecule has 8 nitrogen and oxygen atoms in total. The van der Waals surface area contributed by atoms with E-state index in [1.165, 1.54) is 16.9 Å². The summed E-state index contributed by atoms with van der Waals surface area (Å²) in [6, 6.07) is 7.96. The average molecular weight is 462 g/mol. The van der Waals surface area contributed by atoms with Crippen LogP contribution in [-0.2, 0) is 13.2 Å². The molecule has 0 bridgehead atoms. The van der Waals surface area contributed by atoms with Gasteiger partial charge in [0, 0.05) is 18.0 Å². The van der Waals surface area contributed by atoms with Crippen molar-refractivity contribution in [3.63, 3.8) is 0 Å². The Morgan fingerprint density at radius 2 is 1.87 bits per heavy atom. The molecule has 0 radical (unpaired) electrons. The summed E-state index contributed by atoms with van der Waals surface area (Å²) >= 11 is 12.4. The fraction of sp³-hybridized carbons (Fsp3) is 0.200. The number of halogens is 3. The first-order valence-electron chi connectivity index (χ1n) is 9.32. The molecule has 4 rings (SSSR count). The highest BCUT2D eigenvalue weighted by Crippen LogP contribution is 2.21. The Morgan fingerprint density at radius 3 is 2.58 bits per heavy atom. The van der Waals surface area contributed by atoms with Crippen molar-refractivity contribution in [2.24, 2.45) is 0 Å². The Morgan fingerprint density at radius 1 is 1.10 bits per heavy atom. The summed E-state index contributed by atoms with van der Waals surface area (Å²) < 4.78 is 18.6. The normalized spacial score (nSPS) is 11.1. The quantitative estimate of drug-likeness (QED) is 0.467. The summed E-state index contributed by atoms with van der Waals surface area (Å²) in [6.07, 6.45) is 3.19. The number of nitrogens with zero attached hydrogens (tertiary/aromatic N) is 6. The molecule has 11 heteroatoms. The first-order valence-corrected chi connectivity index (χ1v) is 10.1. The van der Waals surface area contributed by atoms with E-state index in [0.29, 0.717) is 17.3 Å². The van der Waals surface area contributed by atoms with E-state index in [4.69, 9.17) is 23.2 Å². The molecule has 0 aliphatic rings. The maximum absolute atomic E-state index is 13.9. The number of hydrogen-bond acceptors (Lipinski definition) is 4. The molecule has 31 heavy (non-hydrogen) atoms. The number of carbonyl (C=O) groups is 1. The maximum atomic E-state index is 13.9. The Kier molecular flexibility index (Phi) is 5.79. The van der Waals surface area contributed by atoms with E-state index < -0.39 is 5.91 Å². The van der Waals surface area contributed by atoms with E-state index in [-0.39, 0.29) is 28.9 Å². The predicted molar refractivity (Wildman–Crippen MR) is 115 cm³/mol. The third-order valence-corrected chi connectivity index (χ3v) is 5.51. The minimum atomic E-state index is -0.469. The number of hydrogen-bond donors (Lipinski definition) is 1. The molecule has 0 atom stereocenters. The van der Waals surface area contributed by atoms with E-state index in [9.17, 15) is 9.18 Å². The third-order valence-electron chi connectivity index (χ3n) is 4.68. The highest BCUT2D eigenvalue weighted by atomic mass is 35.5. The van der Waals surface area contributed by atoms with E-state index in [1.807, 2.05) is 13.8 Å². The van der Waals surface area contributed by atoms with Gasteiger partial charge in [-0.3, -0.25) is 14.2 Å². The van der Waals surface area contributed by atoms with Gasteiger partial charge < -0.3 is 5.32 Å². The first kappa shape index (κ1) is 21.1. The van der Waals surface area contributed by atoms with Crippen LogP contribution in [0.5, 0.6) is 0 Å². The second kappa shape index (κ2) is 8.52. The van der Waals surface area contributed by atoms with Crippen molar-refractivity contribution in [1.82, 2.24) is 29.3 Å². The minimum absolute atomic E-state index is 0.169. The molecule has 3 aromatic heterocycles. The van der Waals surface area contributed by atoms with Gasteiger partial charge in [-0.05, 0) is 26.0 Å². The summed E-state index contributed by atoms with van der Waals surface area (Å²) in [5.41, 5.74) is 2.19. The van der Waals surface area contributed by atoms with Gasteiger partial charge in [-0.2, -0.15) is 15.3 Å². The van der Waals surface area contributed by atoms with Gasteiger partial charge in [0.05, 0.1) is 23.0 Å². The van der Waals surface area contributed by atoms with Gasteiger partial charge in [0.2, 0.25) is 0 Å². The summed E-state index contributed by atoms with van der Waals surface area (Å²) in [4.78, 5) is 12.6. The van der Waals surface area contributed by atoms with Crippen molar-refractivity contribution in [2.75, 3.05) is 5.32 Å². The molecule has 0 fully saturated rings. The van der Waals surface area contributed by atoms with Crippen molar-refractivity contribution < 1.29 is 9.18 Å². The lowest BCUT2D eigenvalue weighted by molar-refractivity contribution is 0.102. The van der Waals surface area contributed by atoms with E-state index in [1.54, 1.807) is 39.8 Å². The summed E-state index contributed by atoms with van der Waals surface area (Å²) in [5.74, 6) is -0.639. The Hall–Kier alpha value is -3.17. The van der Waals surface area contributed by atoms with Gasteiger partial charge in [0.25, 0.3) is 5.91 Å². The fourth-order valence-electron chi connectivity index (χ4n) is 3.05. The number of nitrogens with one attached hydrogen (secondary N) is 1.